The molecule has 0 spiro atoms. The summed E-state index contributed by atoms with van der Waals surface area (Å²) in [5.74, 6) is 0.266. The fraction of sp³-hybridized carbons (Fsp3) is 0.519. The smallest absolute Gasteiger partial charge is 0.230 e. The van der Waals surface area contributed by atoms with E-state index in [1.54, 1.807) is 12.1 Å². The minimum atomic E-state index is -0.221. The number of fused-ring (bicyclic) bond motifs is 1. The number of hydrogen-bond donors (Lipinski definition) is 0. The monoisotopic (exact) mass is 469 g/mol. The van der Waals surface area contributed by atoms with Crippen LogP contribution < -0.4 is 9.80 Å². The molecule has 33 heavy (non-hydrogen) atoms. The second-order valence-corrected chi connectivity index (χ2v) is 10.2. The minimum absolute atomic E-state index is 0.162. The van der Waals surface area contributed by atoms with E-state index in [0.717, 1.165) is 64.1 Å². The van der Waals surface area contributed by atoms with Gasteiger partial charge < -0.3 is 9.80 Å². The van der Waals surface area contributed by atoms with Crippen LogP contribution >= 0.6 is 11.6 Å². The standard InChI is InChI=1S/C27H33ClFN3O/c28-22-11-13-24(29)26(18-22)31-16-14-30(15-17-31)19-23-12-10-20-6-4-5-9-25(20)32(23)27(33)21-7-2-1-3-8-21/h4-6,9,11,13,18,21,23H,1-3,7-8,10,12,14-17,19H2. The lowest BCUT2D eigenvalue weighted by Crippen LogP contribution is -2.55. The van der Waals surface area contributed by atoms with Crippen molar-refractivity contribution in [3.05, 3.63) is 58.9 Å². The summed E-state index contributed by atoms with van der Waals surface area (Å²) >= 11 is 6.10. The Morgan fingerprint density at radius 1 is 0.939 bits per heavy atom. The summed E-state index contributed by atoms with van der Waals surface area (Å²) in [7, 11) is 0. The molecule has 1 aliphatic carbocycles. The summed E-state index contributed by atoms with van der Waals surface area (Å²) in [6.45, 7) is 4.11. The molecule has 1 saturated heterocycles. The molecule has 0 bridgehead atoms. The summed E-state index contributed by atoms with van der Waals surface area (Å²) in [4.78, 5) is 20.4. The molecule has 1 unspecified atom stereocenters. The van der Waals surface area contributed by atoms with Crippen molar-refractivity contribution in [3.8, 4) is 0 Å². The number of halogens is 2. The third-order valence-electron chi connectivity index (χ3n) is 7.65. The predicted molar refractivity (Wildman–Crippen MR) is 133 cm³/mol. The Balaban J connectivity index is 1.29. The molecular weight excluding hydrogens is 437 g/mol. The SMILES string of the molecule is O=C(C1CCCCC1)N1c2ccccc2CCC1CN1CCN(c2cc(Cl)ccc2F)CC1. The van der Waals surface area contributed by atoms with Gasteiger partial charge in [0.2, 0.25) is 5.91 Å². The maximum absolute atomic E-state index is 14.3. The Labute approximate surface area is 201 Å². The largest absolute Gasteiger partial charge is 0.367 e. The van der Waals surface area contributed by atoms with Crippen molar-refractivity contribution in [2.45, 2.75) is 51.0 Å². The molecule has 2 heterocycles. The van der Waals surface area contributed by atoms with Gasteiger partial charge in [-0.05, 0) is 55.5 Å². The number of anilines is 2. The highest BCUT2D eigenvalue weighted by atomic mass is 35.5. The number of carbonyl (C=O) groups excluding carboxylic acids is 1. The molecular formula is C27H33ClFN3O. The summed E-state index contributed by atoms with van der Waals surface area (Å²) in [5.41, 5.74) is 2.99. The Morgan fingerprint density at radius 2 is 1.70 bits per heavy atom. The molecule has 2 aromatic rings. The van der Waals surface area contributed by atoms with E-state index in [0.29, 0.717) is 16.6 Å². The Kier molecular flexibility index (Phi) is 6.89. The first-order chi connectivity index (χ1) is 16.1. The van der Waals surface area contributed by atoms with Gasteiger partial charge in [0.15, 0.2) is 0 Å². The Morgan fingerprint density at radius 3 is 2.48 bits per heavy atom. The van der Waals surface area contributed by atoms with E-state index in [9.17, 15) is 9.18 Å². The molecule has 0 N–H and O–H groups in total. The molecule has 4 nitrogen and oxygen atoms in total. The van der Waals surface area contributed by atoms with Crippen molar-refractivity contribution in [2.24, 2.45) is 5.92 Å². The molecule has 2 aromatic carbocycles. The van der Waals surface area contributed by atoms with Gasteiger partial charge in [0, 0.05) is 55.4 Å². The first-order valence-corrected chi connectivity index (χ1v) is 12.8. The molecule has 176 valence electrons. The second kappa shape index (κ2) is 10.0. The number of piperazine rings is 1. The van der Waals surface area contributed by atoms with Gasteiger partial charge in [-0.3, -0.25) is 9.69 Å². The number of amides is 1. The number of rotatable bonds is 4. The van der Waals surface area contributed by atoms with Gasteiger partial charge in [-0.1, -0.05) is 49.1 Å². The van der Waals surface area contributed by atoms with E-state index in [1.165, 1.54) is 30.9 Å². The number of para-hydroxylation sites is 1. The van der Waals surface area contributed by atoms with E-state index in [1.807, 2.05) is 0 Å². The number of nitrogens with zero attached hydrogens (tertiary/aromatic N) is 3. The van der Waals surface area contributed by atoms with Crippen LogP contribution in [0.3, 0.4) is 0 Å². The van der Waals surface area contributed by atoms with E-state index >= 15 is 0 Å². The number of aryl methyl sites for hydroxylation is 1. The molecule has 2 aliphatic heterocycles. The Bertz CT molecular complexity index is 985. The van der Waals surface area contributed by atoms with Gasteiger partial charge in [-0.2, -0.15) is 0 Å². The van der Waals surface area contributed by atoms with Crippen LogP contribution in [-0.4, -0.2) is 49.6 Å². The first kappa shape index (κ1) is 22.7. The second-order valence-electron chi connectivity index (χ2n) is 9.75. The van der Waals surface area contributed by atoms with Gasteiger partial charge in [0.1, 0.15) is 5.82 Å². The lowest BCUT2D eigenvalue weighted by Gasteiger charge is -2.43. The zero-order valence-electron chi connectivity index (χ0n) is 19.2. The van der Waals surface area contributed by atoms with Crippen molar-refractivity contribution < 1.29 is 9.18 Å². The van der Waals surface area contributed by atoms with Gasteiger partial charge in [0.25, 0.3) is 0 Å². The molecule has 0 aromatic heterocycles. The normalized spacial score (nSPS) is 22.3. The quantitative estimate of drug-likeness (QED) is 0.589. The molecule has 2 fully saturated rings. The highest BCUT2D eigenvalue weighted by molar-refractivity contribution is 6.30. The number of benzene rings is 2. The van der Waals surface area contributed by atoms with E-state index < -0.39 is 0 Å². The third kappa shape index (κ3) is 4.90. The van der Waals surface area contributed by atoms with Crippen LogP contribution in [0, 0.1) is 11.7 Å². The van der Waals surface area contributed by atoms with Crippen LogP contribution in [0.5, 0.6) is 0 Å². The highest BCUT2D eigenvalue weighted by Crippen LogP contribution is 2.35. The zero-order chi connectivity index (χ0) is 22.8. The van der Waals surface area contributed by atoms with E-state index in [4.69, 9.17) is 11.6 Å². The van der Waals surface area contributed by atoms with Crippen molar-refractivity contribution in [3.63, 3.8) is 0 Å². The maximum Gasteiger partial charge on any atom is 0.230 e. The lowest BCUT2D eigenvalue weighted by molar-refractivity contribution is -0.124. The number of hydrogen-bond acceptors (Lipinski definition) is 3. The summed E-state index contributed by atoms with van der Waals surface area (Å²) < 4.78 is 14.3. The van der Waals surface area contributed by atoms with Crippen LogP contribution in [0.15, 0.2) is 42.5 Å². The van der Waals surface area contributed by atoms with Gasteiger partial charge >= 0.3 is 0 Å². The fourth-order valence-corrected chi connectivity index (χ4v) is 5.99. The van der Waals surface area contributed by atoms with Gasteiger partial charge in [-0.25, -0.2) is 4.39 Å². The summed E-state index contributed by atoms with van der Waals surface area (Å²) in [6, 6.07) is 13.4. The molecule has 6 heteroatoms. The van der Waals surface area contributed by atoms with E-state index in [-0.39, 0.29) is 17.8 Å². The topological polar surface area (TPSA) is 26.8 Å². The zero-order valence-corrected chi connectivity index (χ0v) is 19.9. The van der Waals surface area contributed by atoms with Crippen LogP contribution in [0.1, 0.15) is 44.1 Å². The predicted octanol–water partition coefficient (Wildman–Crippen LogP) is 5.53. The van der Waals surface area contributed by atoms with Crippen molar-refractivity contribution in [1.29, 1.82) is 0 Å². The van der Waals surface area contributed by atoms with Crippen LogP contribution in [0.2, 0.25) is 5.02 Å². The summed E-state index contributed by atoms with van der Waals surface area (Å²) in [5, 5.41) is 0.562. The first-order valence-electron chi connectivity index (χ1n) is 12.4. The van der Waals surface area contributed by atoms with Crippen LogP contribution in [0.4, 0.5) is 15.8 Å². The van der Waals surface area contributed by atoms with Crippen LogP contribution in [-0.2, 0) is 11.2 Å². The van der Waals surface area contributed by atoms with E-state index in [2.05, 4.69) is 39.0 Å². The fourth-order valence-electron chi connectivity index (χ4n) is 5.82. The molecule has 1 saturated carbocycles. The van der Waals surface area contributed by atoms with Gasteiger partial charge in [0.05, 0.1) is 5.69 Å². The molecule has 1 amide bonds. The molecule has 1 atom stereocenters. The highest BCUT2D eigenvalue weighted by Gasteiger charge is 2.36. The van der Waals surface area contributed by atoms with Crippen molar-refractivity contribution >= 4 is 28.9 Å². The summed E-state index contributed by atoms with van der Waals surface area (Å²) in [6.07, 6.45) is 7.64. The molecule has 0 radical (unpaired) electrons. The Hall–Kier alpha value is -2.11. The molecule has 5 rings (SSSR count). The molecule has 3 aliphatic rings. The lowest BCUT2D eigenvalue weighted by atomic mass is 9.86. The average Bonchev–Trinajstić information content (AvgIpc) is 2.86. The van der Waals surface area contributed by atoms with Gasteiger partial charge in [-0.15, -0.1) is 0 Å². The van der Waals surface area contributed by atoms with Crippen molar-refractivity contribution in [1.82, 2.24) is 4.90 Å². The van der Waals surface area contributed by atoms with Crippen LogP contribution in [0.25, 0.3) is 0 Å². The minimum Gasteiger partial charge on any atom is -0.367 e. The van der Waals surface area contributed by atoms with Crippen molar-refractivity contribution in [2.75, 3.05) is 42.5 Å². The maximum atomic E-state index is 14.3. The number of carbonyl (C=O) groups is 1. The average molecular weight is 470 g/mol. The third-order valence-corrected chi connectivity index (χ3v) is 7.88.